The maximum Gasteiger partial charge on any atom is 0.410 e. The standard InChI is InChI=1S/C16H23NO3S/c1-11(14(18)13-8-6-10-21-13)12-7-5-9-17(12)15(19)20-16(2,3)4/h6,8,10-12H,5,7,9H2,1-4H3. The molecule has 0 aromatic carbocycles. The summed E-state index contributed by atoms with van der Waals surface area (Å²) in [6.45, 7) is 8.15. The van der Waals surface area contributed by atoms with Crippen molar-refractivity contribution in [1.29, 1.82) is 0 Å². The van der Waals surface area contributed by atoms with Crippen LogP contribution in [0.4, 0.5) is 4.79 Å². The van der Waals surface area contributed by atoms with Gasteiger partial charge in [0.15, 0.2) is 5.78 Å². The van der Waals surface area contributed by atoms with Gasteiger partial charge in [-0.25, -0.2) is 4.79 Å². The van der Waals surface area contributed by atoms with Gasteiger partial charge in [-0.1, -0.05) is 13.0 Å². The number of hydrogen-bond donors (Lipinski definition) is 0. The van der Waals surface area contributed by atoms with Crippen LogP contribution in [0.25, 0.3) is 0 Å². The number of thiophene rings is 1. The van der Waals surface area contributed by atoms with Gasteiger partial charge in [-0.15, -0.1) is 11.3 Å². The molecule has 2 heterocycles. The van der Waals surface area contributed by atoms with Gasteiger partial charge in [-0.05, 0) is 45.1 Å². The van der Waals surface area contributed by atoms with Gasteiger partial charge in [0, 0.05) is 18.5 Å². The molecular formula is C16H23NO3S. The highest BCUT2D eigenvalue weighted by Gasteiger charge is 2.38. The number of ketones is 1. The summed E-state index contributed by atoms with van der Waals surface area (Å²) < 4.78 is 5.45. The first-order valence-electron chi connectivity index (χ1n) is 7.37. The Hall–Kier alpha value is -1.36. The van der Waals surface area contributed by atoms with E-state index < -0.39 is 5.60 Å². The predicted molar refractivity (Wildman–Crippen MR) is 83.8 cm³/mol. The fourth-order valence-corrected chi connectivity index (χ4v) is 3.44. The van der Waals surface area contributed by atoms with Gasteiger partial charge in [-0.3, -0.25) is 4.79 Å². The zero-order chi connectivity index (χ0) is 15.6. The van der Waals surface area contributed by atoms with Crippen LogP contribution in [0.3, 0.4) is 0 Å². The van der Waals surface area contributed by atoms with E-state index in [2.05, 4.69) is 0 Å². The number of nitrogens with zero attached hydrogens (tertiary/aromatic N) is 1. The van der Waals surface area contributed by atoms with Crippen molar-refractivity contribution in [2.45, 2.75) is 52.2 Å². The molecule has 5 heteroatoms. The summed E-state index contributed by atoms with van der Waals surface area (Å²) in [5.41, 5.74) is -0.509. The average molecular weight is 309 g/mol. The van der Waals surface area contributed by atoms with E-state index in [0.717, 1.165) is 17.7 Å². The van der Waals surface area contributed by atoms with Crippen LogP contribution in [0.5, 0.6) is 0 Å². The number of hydrogen-bond acceptors (Lipinski definition) is 4. The molecule has 116 valence electrons. The van der Waals surface area contributed by atoms with Gasteiger partial charge < -0.3 is 9.64 Å². The molecule has 0 bridgehead atoms. The third kappa shape index (κ3) is 3.84. The van der Waals surface area contributed by atoms with E-state index >= 15 is 0 Å². The van der Waals surface area contributed by atoms with Gasteiger partial charge in [0.05, 0.1) is 4.88 Å². The second-order valence-corrected chi connectivity index (χ2v) is 7.46. The Labute approximate surface area is 130 Å². The van der Waals surface area contributed by atoms with Crippen LogP contribution in [0.2, 0.25) is 0 Å². The van der Waals surface area contributed by atoms with E-state index in [1.165, 1.54) is 11.3 Å². The first-order valence-corrected chi connectivity index (χ1v) is 8.25. The van der Waals surface area contributed by atoms with Crippen molar-refractivity contribution >= 4 is 23.2 Å². The van der Waals surface area contributed by atoms with Crippen LogP contribution in [0.15, 0.2) is 17.5 Å². The Bertz CT molecular complexity index is 504. The van der Waals surface area contributed by atoms with Gasteiger partial charge in [0.1, 0.15) is 5.60 Å². The molecule has 0 aliphatic carbocycles. The molecule has 0 N–H and O–H groups in total. The number of amides is 1. The first kappa shape index (κ1) is 16.0. The molecule has 0 saturated carbocycles. The Morgan fingerprint density at radius 3 is 2.71 bits per heavy atom. The number of ether oxygens (including phenoxy) is 1. The van der Waals surface area contributed by atoms with Crippen molar-refractivity contribution in [3.05, 3.63) is 22.4 Å². The molecule has 2 atom stereocenters. The fourth-order valence-electron chi connectivity index (χ4n) is 2.68. The Kier molecular flexibility index (Phi) is 4.71. The zero-order valence-corrected chi connectivity index (χ0v) is 13.9. The second-order valence-electron chi connectivity index (χ2n) is 6.51. The molecule has 1 aliphatic rings. The Morgan fingerprint density at radius 1 is 1.43 bits per heavy atom. The molecule has 1 amide bonds. The molecule has 0 spiro atoms. The maximum absolute atomic E-state index is 12.5. The molecule has 1 fully saturated rings. The van der Waals surface area contributed by atoms with Crippen LogP contribution in [0, 0.1) is 5.92 Å². The monoisotopic (exact) mass is 309 g/mol. The largest absolute Gasteiger partial charge is 0.444 e. The normalized spacial score (nSPS) is 20.4. The number of carbonyl (C=O) groups is 2. The highest BCUT2D eigenvalue weighted by molar-refractivity contribution is 7.12. The van der Waals surface area contributed by atoms with Crippen molar-refractivity contribution in [1.82, 2.24) is 4.90 Å². The van der Waals surface area contributed by atoms with E-state index in [4.69, 9.17) is 4.74 Å². The fraction of sp³-hybridized carbons (Fsp3) is 0.625. The van der Waals surface area contributed by atoms with Crippen molar-refractivity contribution in [2.75, 3.05) is 6.54 Å². The minimum absolute atomic E-state index is 0.0607. The molecule has 4 nitrogen and oxygen atoms in total. The molecule has 1 aromatic rings. The van der Waals surface area contributed by atoms with Gasteiger partial charge in [0.2, 0.25) is 0 Å². The van der Waals surface area contributed by atoms with Crippen molar-refractivity contribution < 1.29 is 14.3 Å². The molecule has 2 rings (SSSR count). The maximum atomic E-state index is 12.5. The third-order valence-electron chi connectivity index (χ3n) is 3.68. The van der Waals surface area contributed by atoms with Crippen molar-refractivity contribution in [2.24, 2.45) is 5.92 Å². The molecule has 0 radical (unpaired) electrons. The Balaban J connectivity index is 2.07. The summed E-state index contributed by atoms with van der Waals surface area (Å²) in [6, 6.07) is 3.66. The van der Waals surface area contributed by atoms with Crippen LogP contribution in [0.1, 0.15) is 50.2 Å². The predicted octanol–water partition coefficient (Wildman–Crippen LogP) is 3.97. The van der Waals surface area contributed by atoms with Crippen molar-refractivity contribution in [3.8, 4) is 0 Å². The average Bonchev–Trinajstić information content (AvgIpc) is 3.05. The quantitative estimate of drug-likeness (QED) is 0.794. The summed E-state index contributed by atoms with van der Waals surface area (Å²) in [5, 5.41) is 1.90. The van der Waals surface area contributed by atoms with Gasteiger partial charge in [0.25, 0.3) is 0 Å². The van der Waals surface area contributed by atoms with Crippen LogP contribution in [-0.2, 0) is 4.74 Å². The molecule has 1 aromatic heterocycles. The minimum Gasteiger partial charge on any atom is -0.444 e. The van der Waals surface area contributed by atoms with Crippen LogP contribution >= 0.6 is 11.3 Å². The number of likely N-dealkylation sites (tertiary alicyclic amines) is 1. The minimum atomic E-state index is -0.509. The lowest BCUT2D eigenvalue weighted by molar-refractivity contribution is 0.0188. The van der Waals surface area contributed by atoms with Crippen LogP contribution in [-0.4, -0.2) is 35.0 Å². The Morgan fingerprint density at radius 2 is 2.14 bits per heavy atom. The molecule has 21 heavy (non-hydrogen) atoms. The van der Waals surface area contributed by atoms with Gasteiger partial charge >= 0.3 is 6.09 Å². The topological polar surface area (TPSA) is 46.6 Å². The lowest BCUT2D eigenvalue weighted by atomic mass is 9.94. The highest BCUT2D eigenvalue weighted by Crippen LogP contribution is 2.29. The lowest BCUT2D eigenvalue weighted by Gasteiger charge is -2.31. The van der Waals surface area contributed by atoms with E-state index in [-0.39, 0.29) is 23.8 Å². The summed E-state index contributed by atoms with van der Waals surface area (Å²) in [5.74, 6) is -0.0795. The van der Waals surface area contributed by atoms with Crippen LogP contribution < -0.4 is 0 Å². The molecule has 1 aliphatic heterocycles. The highest BCUT2D eigenvalue weighted by atomic mass is 32.1. The van der Waals surface area contributed by atoms with E-state index in [1.807, 2.05) is 45.2 Å². The van der Waals surface area contributed by atoms with E-state index in [0.29, 0.717) is 6.54 Å². The number of Topliss-reactive ketones (excluding diaryl/α,β-unsaturated/α-hetero) is 1. The summed E-state index contributed by atoms with van der Waals surface area (Å²) in [7, 11) is 0. The first-order chi connectivity index (χ1) is 9.79. The smallest absolute Gasteiger partial charge is 0.410 e. The second kappa shape index (κ2) is 6.18. The number of rotatable bonds is 3. The number of carbonyl (C=O) groups excluding carboxylic acids is 2. The van der Waals surface area contributed by atoms with Crippen molar-refractivity contribution in [3.63, 3.8) is 0 Å². The SMILES string of the molecule is CC(C(=O)c1cccs1)C1CCCN1C(=O)OC(C)(C)C. The molecular weight excluding hydrogens is 286 g/mol. The van der Waals surface area contributed by atoms with Gasteiger partial charge in [-0.2, -0.15) is 0 Å². The van der Waals surface area contributed by atoms with E-state index in [1.54, 1.807) is 4.90 Å². The summed E-state index contributed by atoms with van der Waals surface area (Å²) in [6.07, 6.45) is 1.47. The summed E-state index contributed by atoms with van der Waals surface area (Å²) >= 11 is 1.45. The van der Waals surface area contributed by atoms with E-state index in [9.17, 15) is 9.59 Å². The molecule has 2 unspecified atom stereocenters. The zero-order valence-electron chi connectivity index (χ0n) is 13.1. The molecule has 1 saturated heterocycles. The summed E-state index contributed by atoms with van der Waals surface area (Å²) in [4.78, 5) is 27.2. The third-order valence-corrected chi connectivity index (χ3v) is 4.57. The lowest BCUT2D eigenvalue weighted by Crippen LogP contribution is -2.44.